The van der Waals surface area contributed by atoms with Crippen LogP contribution in [-0.4, -0.2) is 32.3 Å². The topological polar surface area (TPSA) is 18.5 Å². The van der Waals surface area contributed by atoms with Gasteiger partial charge in [-0.25, -0.2) is 0 Å². The van der Waals surface area contributed by atoms with Crippen LogP contribution < -0.4 is 0 Å². The van der Waals surface area contributed by atoms with Crippen LogP contribution in [0.1, 0.15) is 32.6 Å². The molecule has 0 saturated heterocycles. The lowest BCUT2D eigenvalue weighted by atomic mass is 10.0. The Balaban J connectivity index is 3.15. The van der Waals surface area contributed by atoms with Crippen molar-refractivity contribution >= 4 is 15.9 Å². The number of methoxy groups -OCH3 is 1. The Morgan fingerprint density at radius 3 is 2.50 bits per heavy atom. The van der Waals surface area contributed by atoms with E-state index < -0.39 is 0 Å². The highest BCUT2D eigenvalue weighted by atomic mass is 79.9. The van der Waals surface area contributed by atoms with Crippen molar-refractivity contribution in [2.45, 2.75) is 32.6 Å². The van der Waals surface area contributed by atoms with E-state index in [0.717, 1.165) is 37.5 Å². The molecule has 2 nitrogen and oxygen atoms in total. The molecule has 86 valence electrons. The molecule has 0 amide bonds. The smallest absolute Gasteiger partial charge is 0.0487 e. The Morgan fingerprint density at radius 2 is 1.93 bits per heavy atom. The van der Waals surface area contributed by atoms with Gasteiger partial charge in [0, 0.05) is 32.3 Å². The molecule has 0 heterocycles. The fourth-order valence-corrected chi connectivity index (χ4v) is 2.01. The van der Waals surface area contributed by atoms with Gasteiger partial charge in [-0.05, 0) is 25.2 Å². The van der Waals surface area contributed by atoms with Gasteiger partial charge >= 0.3 is 0 Å². The first kappa shape index (κ1) is 14.4. The normalized spacial score (nSPS) is 13.1. The third kappa shape index (κ3) is 8.97. The van der Waals surface area contributed by atoms with Gasteiger partial charge in [0.15, 0.2) is 0 Å². The van der Waals surface area contributed by atoms with E-state index in [1.807, 2.05) is 0 Å². The Hall–Kier alpha value is 0.400. The molecule has 0 rings (SSSR count). The summed E-state index contributed by atoms with van der Waals surface area (Å²) in [7, 11) is 1.72. The minimum atomic E-state index is 0.780. The Kier molecular flexibility index (Phi) is 11.8. The molecule has 0 aromatic heterocycles. The summed E-state index contributed by atoms with van der Waals surface area (Å²) in [6.45, 7) is 4.75. The minimum absolute atomic E-state index is 0.780. The summed E-state index contributed by atoms with van der Waals surface area (Å²) in [5.74, 6) is 0.780. The van der Waals surface area contributed by atoms with Crippen molar-refractivity contribution in [3.63, 3.8) is 0 Å². The van der Waals surface area contributed by atoms with Crippen molar-refractivity contribution in [1.29, 1.82) is 0 Å². The standard InChI is InChI=1S/C11H23BrO2/c1-3-5-11(10-12)6-9-14-8-4-7-13-2/h11H,3-10H2,1-2H3. The zero-order valence-corrected chi connectivity index (χ0v) is 11.0. The van der Waals surface area contributed by atoms with E-state index >= 15 is 0 Å². The van der Waals surface area contributed by atoms with Gasteiger partial charge < -0.3 is 9.47 Å². The molecule has 0 spiro atoms. The molecule has 0 saturated carbocycles. The Morgan fingerprint density at radius 1 is 1.14 bits per heavy atom. The first-order chi connectivity index (χ1) is 6.85. The summed E-state index contributed by atoms with van der Waals surface area (Å²) < 4.78 is 10.5. The molecule has 3 heteroatoms. The second kappa shape index (κ2) is 11.5. The van der Waals surface area contributed by atoms with Gasteiger partial charge in [0.1, 0.15) is 0 Å². The van der Waals surface area contributed by atoms with Gasteiger partial charge in [0.05, 0.1) is 0 Å². The molecule has 1 unspecified atom stereocenters. The molecule has 0 aromatic carbocycles. The van der Waals surface area contributed by atoms with E-state index in [4.69, 9.17) is 9.47 Å². The quantitative estimate of drug-likeness (QED) is 0.447. The van der Waals surface area contributed by atoms with Crippen LogP contribution in [0.25, 0.3) is 0 Å². The van der Waals surface area contributed by atoms with Gasteiger partial charge in [0.25, 0.3) is 0 Å². The predicted octanol–water partition coefficient (Wildman–Crippen LogP) is 3.24. The number of hydrogen-bond acceptors (Lipinski definition) is 2. The Labute approximate surface area is 96.5 Å². The highest BCUT2D eigenvalue weighted by Crippen LogP contribution is 2.13. The molecular weight excluding hydrogens is 244 g/mol. The van der Waals surface area contributed by atoms with Gasteiger partial charge in [-0.1, -0.05) is 29.3 Å². The summed E-state index contributed by atoms with van der Waals surface area (Å²) in [6, 6.07) is 0. The maximum absolute atomic E-state index is 5.51. The third-order valence-electron chi connectivity index (χ3n) is 2.22. The first-order valence-electron chi connectivity index (χ1n) is 5.47. The van der Waals surface area contributed by atoms with Gasteiger partial charge in [-0.15, -0.1) is 0 Å². The molecule has 0 N–H and O–H groups in total. The highest BCUT2D eigenvalue weighted by Gasteiger charge is 2.04. The largest absolute Gasteiger partial charge is 0.385 e. The molecular formula is C11H23BrO2. The van der Waals surface area contributed by atoms with Crippen LogP contribution in [-0.2, 0) is 9.47 Å². The molecule has 0 aliphatic carbocycles. The lowest BCUT2D eigenvalue weighted by Crippen LogP contribution is -2.08. The van der Waals surface area contributed by atoms with Crippen LogP contribution in [0.2, 0.25) is 0 Å². The first-order valence-corrected chi connectivity index (χ1v) is 6.59. The molecule has 0 aliphatic rings. The van der Waals surface area contributed by atoms with Crippen molar-refractivity contribution < 1.29 is 9.47 Å². The van der Waals surface area contributed by atoms with Crippen LogP contribution in [0.5, 0.6) is 0 Å². The van der Waals surface area contributed by atoms with E-state index in [0.29, 0.717) is 0 Å². The van der Waals surface area contributed by atoms with Crippen LogP contribution in [0.4, 0.5) is 0 Å². The number of hydrogen-bond donors (Lipinski definition) is 0. The van der Waals surface area contributed by atoms with E-state index in [1.54, 1.807) is 7.11 Å². The number of rotatable bonds is 10. The van der Waals surface area contributed by atoms with Gasteiger partial charge in [0.2, 0.25) is 0 Å². The average Bonchev–Trinajstić information content (AvgIpc) is 2.21. The fourth-order valence-electron chi connectivity index (χ4n) is 1.36. The maximum Gasteiger partial charge on any atom is 0.0487 e. The van der Waals surface area contributed by atoms with Crippen LogP contribution >= 0.6 is 15.9 Å². The van der Waals surface area contributed by atoms with Crippen LogP contribution in [0.3, 0.4) is 0 Å². The fraction of sp³-hybridized carbons (Fsp3) is 1.00. The summed E-state index contributed by atoms with van der Waals surface area (Å²) >= 11 is 3.54. The molecule has 0 aromatic rings. The monoisotopic (exact) mass is 266 g/mol. The zero-order valence-electron chi connectivity index (χ0n) is 9.43. The van der Waals surface area contributed by atoms with Crippen molar-refractivity contribution in [2.24, 2.45) is 5.92 Å². The SMILES string of the molecule is CCCC(CBr)CCOCCCOC. The summed E-state index contributed by atoms with van der Waals surface area (Å²) in [6.07, 6.45) is 4.74. The Bertz CT molecular complexity index is 109. The number of halogens is 1. The van der Waals surface area contributed by atoms with Crippen molar-refractivity contribution in [3.8, 4) is 0 Å². The second-order valence-corrected chi connectivity index (χ2v) is 4.20. The highest BCUT2D eigenvalue weighted by molar-refractivity contribution is 9.09. The molecule has 14 heavy (non-hydrogen) atoms. The summed E-state index contributed by atoms with van der Waals surface area (Å²) in [4.78, 5) is 0. The lowest BCUT2D eigenvalue weighted by molar-refractivity contribution is 0.0946. The number of alkyl halides is 1. The van der Waals surface area contributed by atoms with Gasteiger partial charge in [-0.3, -0.25) is 0 Å². The molecule has 0 bridgehead atoms. The summed E-state index contributed by atoms with van der Waals surface area (Å²) in [5.41, 5.74) is 0. The van der Waals surface area contributed by atoms with Crippen molar-refractivity contribution in [2.75, 3.05) is 32.3 Å². The van der Waals surface area contributed by atoms with Crippen molar-refractivity contribution in [3.05, 3.63) is 0 Å². The van der Waals surface area contributed by atoms with E-state index in [-0.39, 0.29) is 0 Å². The lowest BCUT2D eigenvalue weighted by Gasteiger charge is -2.12. The molecule has 0 radical (unpaired) electrons. The maximum atomic E-state index is 5.51. The van der Waals surface area contributed by atoms with Gasteiger partial charge in [-0.2, -0.15) is 0 Å². The van der Waals surface area contributed by atoms with E-state index in [1.165, 1.54) is 19.3 Å². The zero-order chi connectivity index (χ0) is 10.6. The molecule has 0 aliphatic heterocycles. The number of ether oxygens (including phenoxy) is 2. The molecule has 1 atom stereocenters. The molecule has 0 fully saturated rings. The third-order valence-corrected chi connectivity index (χ3v) is 3.14. The van der Waals surface area contributed by atoms with Crippen molar-refractivity contribution in [1.82, 2.24) is 0 Å². The van der Waals surface area contributed by atoms with E-state index in [9.17, 15) is 0 Å². The second-order valence-electron chi connectivity index (χ2n) is 3.56. The van der Waals surface area contributed by atoms with Crippen LogP contribution in [0, 0.1) is 5.92 Å². The van der Waals surface area contributed by atoms with E-state index in [2.05, 4.69) is 22.9 Å². The minimum Gasteiger partial charge on any atom is -0.385 e. The summed E-state index contributed by atoms with van der Waals surface area (Å²) in [5, 5.41) is 1.10. The van der Waals surface area contributed by atoms with Crippen LogP contribution in [0.15, 0.2) is 0 Å². The predicted molar refractivity (Wildman–Crippen MR) is 64.1 cm³/mol. The average molecular weight is 267 g/mol.